The van der Waals surface area contributed by atoms with Gasteiger partial charge in [-0.2, -0.15) is 0 Å². The SMILES string of the molecule is COc1cccc(NC(=O)NC2CCCC2C(N)=S)c1. The highest BCUT2D eigenvalue weighted by Crippen LogP contribution is 2.26. The number of urea groups is 1. The topological polar surface area (TPSA) is 76.4 Å². The van der Waals surface area contributed by atoms with Gasteiger partial charge in [0.05, 0.1) is 12.1 Å². The van der Waals surface area contributed by atoms with Gasteiger partial charge in [-0.3, -0.25) is 0 Å². The molecule has 0 saturated heterocycles. The lowest BCUT2D eigenvalue weighted by Crippen LogP contribution is -2.43. The summed E-state index contributed by atoms with van der Waals surface area (Å²) in [6.07, 6.45) is 2.89. The van der Waals surface area contributed by atoms with Crippen LogP contribution in [0.25, 0.3) is 0 Å². The molecule has 1 fully saturated rings. The van der Waals surface area contributed by atoms with E-state index in [1.807, 2.05) is 18.2 Å². The van der Waals surface area contributed by atoms with Crippen molar-refractivity contribution in [3.05, 3.63) is 24.3 Å². The van der Waals surface area contributed by atoms with Gasteiger partial charge in [0, 0.05) is 23.7 Å². The van der Waals surface area contributed by atoms with Crippen LogP contribution in [-0.2, 0) is 0 Å². The highest BCUT2D eigenvalue weighted by Gasteiger charge is 2.30. The zero-order chi connectivity index (χ0) is 14.5. The summed E-state index contributed by atoms with van der Waals surface area (Å²) >= 11 is 5.04. The number of carbonyl (C=O) groups excluding carboxylic acids is 1. The second kappa shape index (κ2) is 6.56. The number of rotatable bonds is 4. The molecular weight excluding hydrogens is 274 g/mol. The summed E-state index contributed by atoms with van der Waals surface area (Å²) < 4.78 is 5.11. The Morgan fingerprint density at radius 2 is 2.25 bits per heavy atom. The Morgan fingerprint density at radius 3 is 2.95 bits per heavy atom. The molecule has 5 nitrogen and oxygen atoms in total. The third-order valence-corrected chi connectivity index (χ3v) is 3.83. The van der Waals surface area contributed by atoms with Gasteiger partial charge in [-0.25, -0.2) is 4.79 Å². The van der Waals surface area contributed by atoms with E-state index in [9.17, 15) is 4.79 Å². The van der Waals surface area contributed by atoms with Crippen LogP contribution in [0, 0.1) is 5.92 Å². The van der Waals surface area contributed by atoms with Crippen LogP contribution in [0.15, 0.2) is 24.3 Å². The second-order valence-corrected chi connectivity index (χ2v) is 5.35. The molecule has 2 unspecified atom stereocenters. The molecule has 2 rings (SSSR count). The van der Waals surface area contributed by atoms with Crippen molar-refractivity contribution in [2.75, 3.05) is 12.4 Å². The molecule has 0 spiro atoms. The fraction of sp³-hybridized carbons (Fsp3) is 0.429. The molecule has 6 heteroatoms. The number of ether oxygens (including phenoxy) is 1. The zero-order valence-corrected chi connectivity index (χ0v) is 12.2. The van der Waals surface area contributed by atoms with Crippen molar-refractivity contribution in [1.82, 2.24) is 5.32 Å². The van der Waals surface area contributed by atoms with Gasteiger partial charge >= 0.3 is 6.03 Å². The van der Waals surface area contributed by atoms with Crippen LogP contribution in [0.2, 0.25) is 0 Å². The van der Waals surface area contributed by atoms with Crippen molar-refractivity contribution in [2.45, 2.75) is 25.3 Å². The maximum atomic E-state index is 12.0. The monoisotopic (exact) mass is 293 g/mol. The van der Waals surface area contributed by atoms with Gasteiger partial charge in [0.1, 0.15) is 5.75 Å². The van der Waals surface area contributed by atoms with E-state index < -0.39 is 0 Å². The first-order chi connectivity index (χ1) is 9.60. The van der Waals surface area contributed by atoms with Crippen molar-refractivity contribution in [1.29, 1.82) is 0 Å². The maximum Gasteiger partial charge on any atom is 0.319 e. The van der Waals surface area contributed by atoms with Crippen LogP contribution < -0.4 is 21.1 Å². The lowest BCUT2D eigenvalue weighted by Gasteiger charge is -2.20. The molecule has 1 saturated carbocycles. The minimum atomic E-state index is -0.244. The Labute approximate surface area is 123 Å². The number of benzene rings is 1. The molecule has 20 heavy (non-hydrogen) atoms. The molecule has 1 aliphatic carbocycles. The number of hydrogen-bond acceptors (Lipinski definition) is 3. The van der Waals surface area contributed by atoms with Crippen LogP contribution in [0.1, 0.15) is 19.3 Å². The Balaban J connectivity index is 1.93. The minimum absolute atomic E-state index is 0.0260. The van der Waals surface area contributed by atoms with E-state index in [1.165, 1.54) is 0 Å². The molecule has 0 aromatic heterocycles. The van der Waals surface area contributed by atoms with Gasteiger partial charge in [-0.05, 0) is 25.0 Å². The predicted molar refractivity (Wildman–Crippen MR) is 83.1 cm³/mol. The summed E-state index contributed by atoms with van der Waals surface area (Å²) in [6, 6.07) is 7.00. The van der Waals surface area contributed by atoms with Crippen molar-refractivity contribution in [3.63, 3.8) is 0 Å². The van der Waals surface area contributed by atoms with E-state index >= 15 is 0 Å². The standard InChI is InChI=1S/C14H19N3O2S/c1-19-10-5-2-4-9(8-10)16-14(18)17-12-7-3-6-11(12)13(15)20/h2,4-5,8,11-12H,3,6-7H2,1H3,(H2,15,20)(H2,16,17,18). The number of nitrogens with two attached hydrogens (primary N) is 1. The molecule has 1 aliphatic rings. The lowest BCUT2D eigenvalue weighted by atomic mass is 10.0. The van der Waals surface area contributed by atoms with Gasteiger partial charge in [-0.15, -0.1) is 0 Å². The van der Waals surface area contributed by atoms with Gasteiger partial charge < -0.3 is 21.1 Å². The number of nitrogens with one attached hydrogen (secondary N) is 2. The highest BCUT2D eigenvalue weighted by atomic mass is 32.1. The van der Waals surface area contributed by atoms with Crippen molar-refractivity contribution >= 4 is 28.9 Å². The molecule has 4 N–H and O–H groups in total. The molecule has 1 aromatic rings. The first-order valence-corrected chi connectivity index (χ1v) is 7.02. The Morgan fingerprint density at radius 1 is 1.45 bits per heavy atom. The Hall–Kier alpha value is -1.82. The van der Waals surface area contributed by atoms with Gasteiger partial charge in [-0.1, -0.05) is 24.7 Å². The van der Waals surface area contributed by atoms with Crippen LogP contribution in [0.3, 0.4) is 0 Å². The molecule has 2 amide bonds. The average Bonchev–Trinajstić information content (AvgIpc) is 2.87. The van der Waals surface area contributed by atoms with E-state index in [-0.39, 0.29) is 18.0 Å². The summed E-state index contributed by atoms with van der Waals surface area (Å²) in [7, 11) is 1.59. The summed E-state index contributed by atoms with van der Waals surface area (Å²) in [4.78, 5) is 12.5. The number of methoxy groups -OCH3 is 1. The van der Waals surface area contributed by atoms with E-state index in [2.05, 4.69) is 10.6 Å². The Bertz CT molecular complexity index is 507. The molecular formula is C14H19N3O2S. The van der Waals surface area contributed by atoms with Gasteiger partial charge in [0.15, 0.2) is 0 Å². The van der Waals surface area contributed by atoms with Crippen molar-refractivity contribution < 1.29 is 9.53 Å². The maximum absolute atomic E-state index is 12.0. The number of carbonyl (C=O) groups is 1. The van der Waals surface area contributed by atoms with Gasteiger partial charge in [0.2, 0.25) is 0 Å². The fourth-order valence-corrected chi connectivity index (χ4v) is 2.79. The van der Waals surface area contributed by atoms with Crippen LogP contribution in [0.5, 0.6) is 5.75 Å². The van der Waals surface area contributed by atoms with E-state index in [0.29, 0.717) is 16.4 Å². The molecule has 1 aromatic carbocycles. The summed E-state index contributed by atoms with van der Waals surface area (Å²) in [5.74, 6) is 0.797. The summed E-state index contributed by atoms with van der Waals surface area (Å²) in [5.41, 5.74) is 6.38. The quantitative estimate of drug-likeness (QED) is 0.744. The van der Waals surface area contributed by atoms with E-state index in [1.54, 1.807) is 13.2 Å². The molecule has 2 atom stereocenters. The molecule has 0 radical (unpaired) electrons. The smallest absolute Gasteiger partial charge is 0.319 e. The first-order valence-electron chi connectivity index (χ1n) is 6.61. The van der Waals surface area contributed by atoms with E-state index in [0.717, 1.165) is 19.3 Å². The summed E-state index contributed by atoms with van der Waals surface area (Å²) in [6.45, 7) is 0. The van der Waals surface area contributed by atoms with Crippen LogP contribution >= 0.6 is 12.2 Å². The highest BCUT2D eigenvalue weighted by molar-refractivity contribution is 7.80. The average molecular weight is 293 g/mol. The zero-order valence-electron chi connectivity index (χ0n) is 11.4. The minimum Gasteiger partial charge on any atom is -0.497 e. The number of anilines is 1. The molecule has 0 heterocycles. The third kappa shape index (κ3) is 3.60. The van der Waals surface area contributed by atoms with Crippen LogP contribution in [-0.4, -0.2) is 24.2 Å². The van der Waals surface area contributed by atoms with Crippen LogP contribution in [0.4, 0.5) is 10.5 Å². The molecule has 0 aliphatic heterocycles. The van der Waals surface area contributed by atoms with Crippen molar-refractivity contribution in [3.8, 4) is 5.75 Å². The lowest BCUT2D eigenvalue weighted by molar-refractivity contribution is 0.247. The first kappa shape index (κ1) is 14.6. The van der Waals surface area contributed by atoms with E-state index in [4.69, 9.17) is 22.7 Å². The molecule has 108 valence electrons. The summed E-state index contributed by atoms with van der Waals surface area (Å²) in [5, 5.41) is 5.73. The predicted octanol–water partition coefficient (Wildman–Crippen LogP) is 2.27. The fourth-order valence-electron chi connectivity index (χ4n) is 2.51. The normalized spacial score (nSPS) is 21.2. The number of amides is 2. The Kier molecular flexibility index (Phi) is 4.79. The van der Waals surface area contributed by atoms with Gasteiger partial charge in [0.25, 0.3) is 0 Å². The number of thiocarbonyl (C=S) groups is 1. The largest absolute Gasteiger partial charge is 0.497 e. The van der Waals surface area contributed by atoms with Crippen molar-refractivity contribution in [2.24, 2.45) is 11.7 Å². The second-order valence-electron chi connectivity index (χ2n) is 4.88. The third-order valence-electron chi connectivity index (χ3n) is 3.53. The number of hydrogen-bond donors (Lipinski definition) is 3. The molecule has 0 bridgehead atoms.